The fraction of sp³-hybridized carbons (Fsp3) is 0.833. The first-order valence-corrected chi connectivity index (χ1v) is 8.97. The molecule has 5 aliphatic rings. The normalized spacial score (nSPS) is 48.8. The molecule has 1 heterocycles. The number of carbonyl (C=O) groups is 1. The minimum atomic E-state index is -0.0188. The fourth-order valence-electron chi connectivity index (χ4n) is 6.24. The van der Waals surface area contributed by atoms with E-state index in [1.54, 1.807) is 0 Å². The van der Waals surface area contributed by atoms with E-state index in [4.69, 9.17) is 9.47 Å². The maximum atomic E-state index is 12.3. The smallest absolute Gasteiger partial charge is 0.320 e. The van der Waals surface area contributed by atoms with Crippen molar-refractivity contribution in [3.63, 3.8) is 0 Å². The Morgan fingerprint density at radius 2 is 1.86 bits per heavy atom. The summed E-state index contributed by atoms with van der Waals surface area (Å²) in [5, 5.41) is 0. The molecule has 0 aromatic carbocycles. The van der Waals surface area contributed by atoms with E-state index in [0.29, 0.717) is 12.5 Å². The van der Waals surface area contributed by atoms with Crippen LogP contribution >= 0.6 is 0 Å². The lowest BCUT2D eigenvalue weighted by Gasteiger charge is -2.36. The molecule has 0 aromatic rings. The number of esters is 1. The summed E-state index contributed by atoms with van der Waals surface area (Å²) in [5.41, 5.74) is 0. The molecule has 0 spiro atoms. The Balaban J connectivity index is 1.21. The Labute approximate surface area is 131 Å². The Hall–Kier alpha value is -0.870. The van der Waals surface area contributed by atoms with Gasteiger partial charge in [0, 0.05) is 13.1 Å². The highest BCUT2D eigenvalue weighted by Crippen LogP contribution is 2.65. The number of allylic oxidation sites excluding steroid dienone is 2. The van der Waals surface area contributed by atoms with Gasteiger partial charge >= 0.3 is 5.97 Å². The lowest BCUT2D eigenvalue weighted by atomic mass is 9.72. The van der Waals surface area contributed by atoms with Gasteiger partial charge in [-0.1, -0.05) is 12.2 Å². The summed E-state index contributed by atoms with van der Waals surface area (Å²) in [5.74, 6) is 4.79. The van der Waals surface area contributed by atoms with Crippen LogP contribution in [0.3, 0.4) is 0 Å². The molecule has 4 bridgehead atoms. The first kappa shape index (κ1) is 13.6. The third kappa shape index (κ3) is 2.00. The molecule has 3 saturated carbocycles. The van der Waals surface area contributed by atoms with Crippen molar-refractivity contribution in [1.29, 1.82) is 0 Å². The second-order valence-corrected chi connectivity index (χ2v) is 7.92. The van der Waals surface area contributed by atoms with Crippen molar-refractivity contribution in [2.75, 3.05) is 32.8 Å². The van der Waals surface area contributed by atoms with Gasteiger partial charge in [0.15, 0.2) is 0 Å². The van der Waals surface area contributed by atoms with Crippen molar-refractivity contribution >= 4 is 5.97 Å². The molecule has 4 nitrogen and oxygen atoms in total. The Kier molecular flexibility index (Phi) is 3.12. The van der Waals surface area contributed by atoms with E-state index in [9.17, 15) is 4.79 Å². The van der Waals surface area contributed by atoms with Crippen molar-refractivity contribution in [2.45, 2.75) is 25.4 Å². The number of hydrogen-bond donors (Lipinski definition) is 0. The maximum absolute atomic E-state index is 12.3. The topological polar surface area (TPSA) is 38.8 Å². The summed E-state index contributed by atoms with van der Waals surface area (Å²) in [6, 6.07) is 0. The summed E-state index contributed by atoms with van der Waals surface area (Å²) in [7, 11) is 0. The lowest BCUT2D eigenvalue weighted by Crippen LogP contribution is -2.42. The molecule has 7 unspecified atom stereocenters. The lowest BCUT2D eigenvalue weighted by molar-refractivity contribution is -0.155. The SMILES string of the molecule is O=C(CN1CCOCC1)OC1CC2CC1C1C3C=CC(C3)C21. The van der Waals surface area contributed by atoms with Crippen LogP contribution in [0.2, 0.25) is 0 Å². The van der Waals surface area contributed by atoms with Gasteiger partial charge in [-0.15, -0.1) is 0 Å². The fourth-order valence-corrected chi connectivity index (χ4v) is 6.24. The molecule has 1 saturated heterocycles. The van der Waals surface area contributed by atoms with E-state index < -0.39 is 0 Å². The third-order valence-corrected chi connectivity index (χ3v) is 6.95. The van der Waals surface area contributed by atoms with Crippen LogP contribution in [0.4, 0.5) is 0 Å². The van der Waals surface area contributed by atoms with Gasteiger partial charge in [0.05, 0.1) is 19.8 Å². The number of morpholine rings is 1. The van der Waals surface area contributed by atoms with Gasteiger partial charge in [0.1, 0.15) is 6.10 Å². The van der Waals surface area contributed by atoms with E-state index in [-0.39, 0.29) is 12.1 Å². The number of rotatable bonds is 3. The molecule has 0 radical (unpaired) electrons. The quantitative estimate of drug-likeness (QED) is 0.452. The number of fused-ring (bicyclic) bond motifs is 9. The maximum Gasteiger partial charge on any atom is 0.320 e. The first-order chi connectivity index (χ1) is 10.8. The van der Waals surface area contributed by atoms with Crippen LogP contribution < -0.4 is 0 Å². The van der Waals surface area contributed by atoms with E-state index in [2.05, 4.69) is 17.1 Å². The van der Waals surface area contributed by atoms with Crippen LogP contribution in [0, 0.1) is 35.5 Å². The van der Waals surface area contributed by atoms with Crippen LogP contribution in [0.25, 0.3) is 0 Å². The van der Waals surface area contributed by atoms with Gasteiger partial charge in [-0.25, -0.2) is 0 Å². The summed E-state index contributed by atoms with van der Waals surface area (Å²) in [6.07, 6.45) is 8.91. The average molecular weight is 303 g/mol. The number of nitrogens with zero attached hydrogens (tertiary/aromatic N) is 1. The summed E-state index contributed by atoms with van der Waals surface area (Å²) < 4.78 is 11.2. The predicted molar refractivity (Wildman–Crippen MR) is 81.1 cm³/mol. The number of hydrogen-bond acceptors (Lipinski definition) is 4. The van der Waals surface area contributed by atoms with E-state index in [0.717, 1.165) is 62.3 Å². The van der Waals surface area contributed by atoms with E-state index in [1.807, 2.05) is 0 Å². The second-order valence-electron chi connectivity index (χ2n) is 7.92. The molecule has 0 amide bonds. The van der Waals surface area contributed by atoms with E-state index >= 15 is 0 Å². The predicted octanol–water partition coefficient (Wildman–Crippen LogP) is 1.71. The zero-order valence-electron chi connectivity index (χ0n) is 13.0. The molecule has 4 fully saturated rings. The molecular weight excluding hydrogens is 278 g/mol. The van der Waals surface area contributed by atoms with Gasteiger partial charge in [-0.3, -0.25) is 9.69 Å². The van der Waals surface area contributed by atoms with Gasteiger partial charge in [-0.2, -0.15) is 0 Å². The zero-order valence-corrected chi connectivity index (χ0v) is 13.0. The van der Waals surface area contributed by atoms with Crippen LogP contribution in [0.5, 0.6) is 0 Å². The molecule has 22 heavy (non-hydrogen) atoms. The van der Waals surface area contributed by atoms with Gasteiger partial charge in [-0.05, 0) is 54.8 Å². The molecule has 4 aliphatic carbocycles. The third-order valence-electron chi connectivity index (χ3n) is 6.95. The minimum absolute atomic E-state index is 0.0188. The van der Waals surface area contributed by atoms with E-state index in [1.165, 1.54) is 12.8 Å². The largest absolute Gasteiger partial charge is 0.461 e. The van der Waals surface area contributed by atoms with Crippen LogP contribution in [-0.2, 0) is 14.3 Å². The van der Waals surface area contributed by atoms with Crippen molar-refractivity contribution in [3.8, 4) is 0 Å². The second kappa shape index (κ2) is 5.07. The summed E-state index contributed by atoms with van der Waals surface area (Å²) >= 11 is 0. The standard InChI is InChI=1S/C18H25NO3/c20-16(10-19-3-5-21-6-4-19)22-15-9-13-8-14(15)18-12-2-1-11(7-12)17(13)18/h1-2,11-15,17-18H,3-10H2. The Morgan fingerprint density at radius 1 is 1.09 bits per heavy atom. The molecule has 0 N–H and O–H groups in total. The molecule has 1 aliphatic heterocycles. The highest BCUT2D eigenvalue weighted by molar-refractivity contribution is 5.72. The van der Waals surface area contributed by atoms with Crippen molar-refractivity contribution in [1.82, 2.24) is 4.90 Å². The molecule has 0 aromatic heterocycles. The van der Waals surface area contributed by atoms with Crippen LogP contribution in [0.15, 0.2) is 12.2 Å². The molecule has 5 rings (SSSR count). The van der Waals surface area contributed by atoms with Gasteiger partial charge in [0.2, 0.25) is 0 Å². The molecule has 7 atom stereocenters. The monoisotopic (exact) mass is 303 g/mol. The molecular formula is C18H25NO3. The van der Waals surface area contributed by atoms with Crippen molar-refractivity contribution < 1.29 is 14.3 Å². The van der Waals surface area contributed by atoms with Gasteiger partial charge in [0.25, 0.3) is 0 Å². The average Bonchev–Trinajstić information content (AvgIpc) is 3.27. The minimum Gasteiger partial charge on any atom is -0.461 e. The number of ether oxygens (including phenoxy) is 2. The first-order valence-electron chi connectivity index (χ1n) is 8.97. The number of carbonyl (C=O) groups excluding carboxylic acids is 1. The Bertz CT molecular complexity index is 499. The zero-order chi connectivity index (χ0) is 14.7. The highest BCUT2D eigenvalue weighted by atomic mass is 16.5. The van der Waals surface area contributed by atoms with Crippen molar-refractivity contribution in [3.05, 3.63) is 12.2 Å². The van der Waals surface area contributed by atoms with Crippen LogP contribution in [0.1, 0.15) is 19.3 Å². The highest BCUT2D eigenvalue weighted by Gasteiger charge is 2.61. The Morgan fingerprint density at radius 3 is 2.68 bits per heavy atom. The molecule has 120 valence electrons. The molecule has 4 heteroatoms. The summed E-state index contributed by atoms with van der Waals surface area (Å²) in [6.45, 7) is 3.62. The summed E-state index contributed by atoms with van der Waals surface area (Å²) in [4.78, 5) is 14.4. The van der Waals surface area contributed by atoms with Crippen molar-refractivity contribution in [2.24, 2.45) is 35.5 Å². The van der Waals surface area contributed by atoms with Crippen LogP contribution in [-0.4, -0.2) is 49.8 Å². The van der Waals surface area contributed by atoms with Gasteiger partial charge < -0.3 is 9.47 Å².